The highest BCUT2D eigenvalue weighted by Gasteiger charge is 2.11. The van der Waals surface area contributed by atoms with Crippen molar-refractivity contribution in [2.45, 2.75) is 32.9 Å². The van der Waals surface area contributed by atoms with Crippen molar-refractivity contribution in [2.24, 2.45) is 0 Å². The van der Waals surface area contributed by atoms with E-state index in [1.54, 1.807) is 0 Å². The Kier molecular flexibility index (Phi) is 3.99. The minimum absolute atomic E-state index is 0.320. The van der Waals surface area contributed by atoms with Gasteiger partial charge in [-0.15, -0.1) is 0 Å². The van der Waals surface area contributed by atoms with Crippen molar-refractivity contribution in [2.75, 3.05) is 13.6 Å². The van der Waals surface area contributed by atoms with Gasteiger partial charge < -0.3 is 15.6 Å². The molecular weight excluding hydrogens is 224 g/mol. The fourth-order valence-electron chi connectivity index (χ4n) is 2.11. The summed E-state index contributed by atoms with van der Waals surface area (Å²) in [4.78, 5) is 7.71. The fraction of sp³-hybridized carbons (Fsp3) is 0.500. The second-order valence-corrected chi connectivity index (χ2v) is 5.00. The molecule has 0 bridgehead atoms. The molecule has 0 amide bonds. The molecule has 18 heavy (non-hydrogen) atoms. The maximum Gasteiger partial charge on any atom is 0.104 e. The standard InChI is InChI=1S/C14H22N4/c1-9(2)16-8-14(15-4)11-5-6-12-13(7-11)18-10(3)17-12/h5-7,9,14-16H,8H2,1-4H3,(H,17,18). The molecule has 0 aliphatic rings. The summed E-state index contributed by atoms with van der Waals surface area (Å²) >= 11 is 0. The van der Waals surface area contributed by atoms with Crippen molar-refractivity contribution in [3.63, 3.8) is 0 Å². The normalized spacial score (nSPS) is 13.4. The summed E-state index contributed by atoms with van der Waals surface area (Å²) in [6.45, 7) is 7.23. The first kappa shape index (κ1) is 13.1. The molecule has 0 radical (unpaired) electrons. The van der Waals surface area contributed by atoms with Gasteiger partial charge in [0.25, 0.3) is 0 Å². The van der Waals surface area contributed by atoms with Gasteiger partial charge in [-0.2, -0.15) is 0 Å². The number of rotatable bonds is 5. The van der Waals surface area contributed by atoms with Gasteiger partial charge in [0, 0.05) is 18.6 Å². The van der Waals surface area contributed by atoms with Crippen molar-refractivity contribution in [1.29, 1.82) is 0 Å². The van der Waals surface area contributed by atoms with Gasteiger partial charge in [-0.05, 0) is 31.7 Å². The summed E-state index contributed by atoms with van der Waals surface area (Å²) < 4.78 is 0. The molecule has 1 aromatic carbocycles. The van der Waals surface area contributed by atoms with E-state index in [1.165, 1.54) is 5.56 Å². The highest BCUT2D eigenvalue weighted by atomic mass is 15.0. The summed E-state index contributed by atoms with van der Waals surface area (Å²) in [5.41, 5.74) is 3.42. The summed E-state index contributed by atoms with van der Waals surface area (Å²) in [7, 11) is 2.00. The molecule has 0 saturated heterocycles. The average Bonchev–Trinajstić information content (AvgIpc) is 2.68. The topological polar surface area (TPSA) is 52.7 Å². The number of benzene rings is 1. The molecule has 1 atom stereocenters. The SMILES string of the molecule is CNC(CNC(C)C)c1ccc2nc(C)[nH]c2c1. The van der Waals surface area contributed by atoms with Crippen molar-refractivity contribution >= 4 is 11.0 Å². The minimum Gasteiger partial charge on any atom is -0.342 e. The Labute approximate surface area is 108 Å². The van der Waals surface area contributed by atoms with E-state index in [0.717, 1.165) is 23.4 Å². The Balaban J connectivity index is 2.21. The molecule has 4 heteroatoms. The quantitative estimate of drug-likeness (QED) is 0.757. The second kappa shape index (κ2) is 5.50. The molecular formula is C14H22N4. The Morgan fingerprint density at radius 3 is 2.78 bits per heavy atom. The molecule has 3 N–H and O–H groups in total. The minimum atomic E-state index is 0.320. The lowest BCUT2D eigenvalue weighted by Crippen LogP contribution is -2.33. The predicted octanol–water partition coefficient (Wildman–Crippen LogP) is 2.13. The highest BCUT2D eigenvalue weighted by Crippen LogP contribution is 2.18. The van der Waals surface area contributed by atoms with E-state index in [-0.39, 0.29) is 0 Å². The predicted molar refractivity (Wildman–Crippen MR) is 75.8 cm³/mol. The number of nitrogens with one attached hydrogen (secondary N) is 3. The maximum atomic E-state index is 4.42. The van der Waals surface area contributed by atoms with Crippen LogP contribution in [0.1, 0.15) is 31.3 Å². The fourth-order valence-corrected chi connectivity index (χ4v) is 2.11. The first-order valence-corrected chi connectivity index (χ1v) is 6.47. The van der Waals surface area contributed by atoms with Gasteiger partial charge >= 0.3 is 0 Å². The molecule has 98 valence electrons. The van der Waals surface area contributed by atoms with Crippen molar-refractivity contribution < 1.29 is 0 Å². The summed E-state index contributed by atoms with van der Waals surface area (Å²) in [6, 6.07) is 7.22. The second-order valence-electron chi connectivity index (χ2n) is 5.00. The molecule has 1 unspecified atom stereocenters. The zero-order valence-electron chi connectivity index (χ0n) is 11.5. The Morgan fingerprint density at radius 1 is 1.33 bits per heavy atom. The van der Waals surface area contributed by atoms with Gasteiger partial charge in [0.1, 0.15) is 5.82 Å². The van der Waals surface area contributed by atoms with Gasteiger partial charge in [-0.25, -0.2) is 4.98 Å². The van der Waals surface area contributed by atoms with E-state index >= 15 is 0 Å². The smallest absolute Gasteiger partial charge is 0.104 e. The number of aromatic amines is 1. The Hall–Kier alpha value is -1.39. The molecule has 2 rings (SSSR count). The van der Waals surface area contributed by atoms with Crippen LogP contribution in [0.5, 0.6) is 0 Å². The van der Waals surface area contributed by atoms with Crippen LogP contribution in [0.2, 0.25) is 0 Å². The van der Waals surface area contributed by atoms with E-state index in [2.05, 4.69) is 52.6 Å². The summed E-state index contributed by atoms with van der Waals surface area (Å²) in [5.74, 6) is 0.962. The molecule has 1 aromatic heterocycles. The third-order valence-electron chi connectivity index (χ3n) is 3.11. The maximum absolute atomic E-state index is 4.42. The van der Waals surface area contributed by atoms with Crippen LogP contribution in [0.3, 0.4) is 0 Å². The number of aryl methyl sites for hydroxylation is 1. The Morgan fingerprint density at radius 2 is 2.11 bits per heavy atom. The van der Waals surface area contributed by atoms with Crippen LogP contribution < -0.4 is 10.6 Å². The lowest BCUT2D eigenvalue weighted by atomic mass is 10.1. The zero-order chi connectivity index (χ0) is 13.1. The number of nitrogens with zero attached hydrogens (tertiary/aromatic N) is 1. The molecule has 2 aromatic rings. The van der Waals surface area contributed by atoms with Gasteiger partial charge in [0.15, 0.2) is 0 Å². The first-order valence-electron chi connectivity index (χ1n) is 6.47. The van der Waals surface area contributed by atoms with Gasteiger partial charge in [-0.1, -0.05) is 19.9 Å². The van der Waals surface area contributed by atoms with Crippen LogP contribution in [0.25, 0.3) is 11.0 Å². The van der Waals surface area contributed by atoms with Crippen molar-refractivity contribution in [1.82, 2.24) is 20.6 Å². The third-order valence-corrected chi connectivity index (χ3v) is 3.11. The number of likely N-dealkylation sites (N-methyl/N-ethyl adjacent to an activating group) is 1. The lowest BCUT2D eigenvalue weighted by Gasteiger charge is -2.19. The third kappa shape index (κ3) is 2.89. The van der Waals surface area contributed by atoms with Crippen LogP contribution in [-0.2, 0) is 0 Å². The van der Waals surface area contributed by atoms with Crippen LogP contribution in [-0.4, -0.2) is 29.6 Å². The van der Waals surface area contributed by atoms with Crippen molar-refractivity contribution in [3.05, 3.63) is 29.6 Å². The average molecular weight is 246 g/mol. The first-order chi connectivity index (χ1) is 8.60. The largest absolute Gasteiger partial charge is 0.342 e. The van der Waals surface area contributed by atoms with E-state index < -0.39 is 0 Å². The van der Waals surface area contributed by atoms with Crippen LogP contribution >= 0.6 is 0 Å². The highest BCUT2D eigenvalue weighted by molar-refractivity contribution is 5.76. The van der Waals surface area contributed by atoms with E-state index in [9.17, 15) is 0 Å². The number of hydrogen-bond acceptors (Lipinski definition) is 3. The van der Waals surface area contributed by atoms with Gasteiger partial charge in [-0.3, -0.25) is 0 Å². The number of hydrogen-bond donors (Lipinski definition) is 3. The summed E-state index contributed by atoms with van der Waals surface area (Å²) in [5, 5.41) is 6.81. The van der Waals surface area contributed by atoms with E-state index in [0.29, 0.717) is 12.1 Å². The molecule has 1 heterocycles. The van der Waals surface area contributed by atoms with Crippen LogP contribution in [0, 0.1) is 6.92 Å². The van der Waals surface area contributed by atoms with Crippen LogP contribution in [0.4, 0.5) is 0 Å². The van der Waals surface area contributed by atoms with Gasteiger partial charge in [0.2, 0.25) is 0 Å². The molecule has 0 aliphatic heterocycles. The number of aromatic nitrogens is 2. The molecule has 0 spiro atoms. The number of imidazole rings is 1. The van der Waals surface area contributed by atoms with Crippen molar-refractivity contribution in [3.8, 4) is 0 Å². The molecule has 4 nitrogen and oxygen atoms in total. The molecule has 0 aliphatic carbocycles. The lowest BCUT2D eigenvalue weighted by molar-refractivity contribution is 0.491. The molecule has 0 fully saturated rings. The number of fused-ring (bicyclic) bond motifs is 1. The Bertz CT molecular complexity index is 515. The van der Waals surface area contributed by atoms with E-state index in [4.69, 9.17) is 0 Å². The zero-order valence-corrected chi connectivity index (χ0v) is 11.5. The van der Waals surface area contributed by atoms with Crippen LogP contribution in [0.15, 0.2) is 18.2 Å². The van der Waals surface area contributed by atoms with E-state index in [1.807, 2.05) is 14.0 Å². The van der Waals surface area contributed by atoms with Gasteiger partial charge in [0.05, 0.1) is 11.0 Å². The summed E-state index contributed by atoms with van der Waals surface area (Å²) in [6.07, 6.45) is 0. The molecule has 0 saturated carbocycles. The monoisotopic (exact) mass is 246 g/mol. The number of H-pyrrole nitrogens is 1.